The van der Waals surface area contributed by atoms with Gasteiger partial charge in [0.05, 0.1) is 23.4 Å². The Kier molecular flexibility index (Phi) is 6.59. The Morgan fingerprint density at radius 1 is 1.00 bits per heavy atom. The number of amides is 1. The fourth-order valence-electron chi connectivity index (χ4n) is 4.19. The van der Waals surface area contributed by atoms with Crippen molar-refractivity contribution in [2.45, 2.75) is 12.8 Å². The van der Waals surface area contributed by atoms with Crippen LogP contribution in [0.15, 0.2) is 66.3 Å². The summed E-state index contributed by atoms with van der Waals surface area (Å²) in [4.78, 5) is 34.0. The van der Waals surface area contributed by atoms with E-state index in [1.807, 2.05) is 30.3 Å². The minimum Gasteiger partial charge on any atom is -0.312 e. The summed E-state index contributed by atoms with van der Waals surface area (Å²) in [6.45, 7) is 1.95. The molecule has 3 aromatic rings. The Hall–Kier alpha value is -3.94. The van der Waals surface area contributed by atoms with Gasteiger partial charge in [-0.2, -0.15) is 5.12 Å². The number of rotatable bonds is 7. The van der Waals surface area contributed by atoms with Gasteiger partial charge in [0.25, 0.3) is 0 Å². The van der Waals surface area contributed by atoms with E-state index < -0.39 is 11.2 Å². The second-order valence-corrected chi connectivity index (χ2v) is 9.93. The molecular weight excluding hydrogens is 482 g/mol. The topological polar surface area (TPSA) is 132 Å². The van der Waals surface area contributed by atoms with Gasteiger partial charge in [-0.25, -0.2) is 19.3 Å². The highest BCUT2D eigenvalue weighted by Crippen LogP contribution is 2.29. The molecule has 2 saturated heterocycles. The van der Waals surface area contributed by atoms with Crippen LogP contribution in [0.2, 0.25) is 0 Å². The van der Waals surface area contributed by atoms with Crippen LogP contribution in [0.5, 0.6) is 0 Å². The molecule has 1 atom stereocenters. The molecule has 0 saturated carbocycles. The zero-order chi connectivity index (χ0) is 25.2. The molecule has 0 aliphatic carbocycles. The summed E-state index contributed by atoms with van der Waals surface area (Å²) in [7, 11) is 1.77. The first kappa shape index (κ1) is 23.8. The number of pyridine rings is 2. The predicted molar refractivity (Wildman–Crippen MR) is 139 cm³/mol. The van der Waals surface area contributed by atoms with Crippen LogP contribution in [0, 0.1) is 4.91 Å². The molecule has 2 N–H and O–H groups in total. The third kappa shape index (κ3) is 4.51. The largest absolute Gasteiger partial charge is 0.312 e. The Balaban J connectivity index is 1.32. The van der Waals surface area contributed by atoms with Crippen LogP contribution in [-0.2, 0) is 16.0 Å². The smallest absolute Gasteiger partial charge is 0.227 e. The van der Waals surface area contributed by atoms with E-state index in [-0.39, 0.29) is 11.7 Å². The lowest BCUT2D eigenvalue weighted by Crippen LogP contribution is -2.45. The van der Waals surface area contributed by atoms with Crippen molar-refractivity contribution in [2.75, 3.05) is 46.1 Å². The fourth-order valence-corrected chi connectivity index (χ4v) is 5.28. The number of hydrogen-bond acceptors (Lipinski definition) is 8. The number of carbonyl (C=O) groups excluding carboxylic acids is 1. The minimum atomic E-state index is -1.33. The third-order valence-electron chi connectivity index (χ3n) is 6.15. The van der Waals surface area contributed by atoms with Gasteiger partial charge in [-0.15, -0.1) is 10.0 Å². The van der Waals surface area contributed by atoms with Crippen molar-refractivity contribution in [3.63, 3.8) is 0 Å². The van der Waals surface area contributed by atoms with E-state index in [0.717, 1.165) is 40.0 Å². The molecule has 186 valence electrons. The van der Waals surface area contributed by atoms with Crippen LogP contribution < -0.4 is 25.3 Å². The zero-order valence-electron chi connectivity index (χ0n) is 19.6. The first-order valence-corrected chi connectivity index (χ1v) is 12.4. The van der Waals surface area contributed by atoms with Crippen molar-refractivity contribution >= 4 is 40.0 Å². The van der Waals surface area contributed by atoms with Gasteiger partial charge < -0.3 is 4.90 Å². The summed E-state index contributed by atoms with van der Waals surface area (Å²) in [6, 6.07) is 12.9. The normalized spacial score (nSPS) is 18.1. The molecule has 13 heteroatoms. The van der Waals surface area contributed by atoms with E-state index in [2.05, 4.69) is 15.3 Å². The number of nitrogens with zero attached hydrogens (tertiary/aromatic N) is 8. The Bertz CT molecular complexity index is 1290. The van der Waals surface area contributed by atoms with Crippen molar-refractivity contribution in [3.8, 4) is 11.1 Å². The van der Waals surface area contributed by atoms with Crippen LogP contribution in [0.4, 0.5) is 22.9 Å². The second-order valence-electron chi connectivity index (χ2n) is 8.40. The van der Waals surface area contributed by atoms with Gasteiger partial charge in [0.1, 0.15) is 5.69 Å². The van der Waals surface area contributed by atoms with Crippen molar-refractivity contribution in [1.82, 2.24) is 14.3 Å². The van der Waals surface area contributed by atoms with Crippen LogP contribution in [0.25, 0.3) is 11.1 Å². The molecule has 0 spiro atoms. The van der Waals surface area contributed by atoms with E-state index >= 15 is 0 Å². The molecule has 1 unspecified atom stereocenters. The molecule has 2 aliphatic rings. The molecule has 4 heterocycles. The number of carbonyl (C=O) groups is 1. The molecule has 5 rings (SSSR count). The summed E-state index contributed by atoms with van der Waals surface area (Å²) in [6.07, 6.45) is 6.12. The highest BCUT2D eigenvalue weighted by molar-refractivity contribution is 7.84. The molecular formula is C23H25N9O3S. The first-order valence-electron chi connectivity index (χ1n) is 11.4. The monoisotopic (exact) mass is 507 g/mol. The molecule has 1 amide bonds. The van der Waals surface area contributed by atoms with Crippen LogP contribution in [0.1, 0.15) is 12.8 Å². The van der Waals surface area contributed by atoms with Crippen LogP contribution in [-0.4, -0.2) is 51.1 Å². The molecule has 12 nitrogen and oxygen atoms in total. The first-order chi connectivity index (χ1) is 17.5. The van der Waals surface area contributed by atoms with Gasteiger partial charge in [-0.05, 0) is 42.3 Å². The highest BCUT2D eigenvalue weighted by atomic mass is 32.2. The number of nitroso groups, excluding NO2 is 1. The zero-order valence-corrected chi connectivity index (χ0v) is 20.4. The summed E-state index contributed by atoms with van der Waals surface area (Å²) < 4.78 is 15.8. The van der Waals surface area contributed by atoms with Crippen LogP contribution >= 0.6 is 0 Å². The maximum Gasteiger partial charge on any atom is 0.227 e. The maximum atomic E-state index is 12.4. The van der Waals surface area contributed by atoms with Crippen molar-refractivity contribution in [1.29, 1.82) is 0 Å². The number of likely N-dealkylation sites (N-methyl/N-ethyl adjacent to an activating group) is 1. The van der Waals surface area contributed by atoms with E-state index in [0.29, 0.717) is 30.9 Å². The number of hydrazine groups is 2. The maximum absolute atomic E-state index is 12.4. The number of anilines is 4. The Labute approximate surface area is 210 Å². The van der Waals surface area contributed by atoms with Gasteiger partial charge in [0.2, 0.25) is 5.91 Å². The van der Waals surface area contributed by atoms with E-state index in [1.54, 1.807) is 45.1 Å². The Morgan fingerprint density at radius 2 is 1.78 bits per heavy atom. The van der Waals surface area contributed by atoms with Crippen molar-refractivity contribution in [3.05, 3.63) is 66.0 Å². The second kappa shape index (κ2) is 9.97. The highest BCUT2D eigenvalue weighted by Gasteiger charge is 2.27. The van der Waals surface area contributed by atoms with Crippen molar-refractivity contribution in [2.24, 2.45) is 11.1 Å². The van der Waals surface area contributed by atoms with Crippen molar-refractivity contribution < 1.29 is 9.00 Å². The van der Waals surface area contributed by atoms with Gasteiger partial charge in [-0.1, -0.05) is 12.1 Å². The number of nitrogens with two attached hydrogens (primary N) is 1. The van der Waals surface area contributed by atoms with E-state index in [1.165, 1.54) is 6.20 Å². The lowest BCUT2D eigenvalue weighted by molar-refractivity contribution is -0.117. The molecule has 1 aromatic carbocycles. The number of aromatic nitrogens is 2. The minimum absolute atomic E-state index is 0.145. The average Bonchev–Trinajstić information content (AvgIpc) is 3.49. The average molecular weight is 508 g/mol. The lowest BCUT2D eigenvalue weighted by atomic mass is 10.1. The molecule has 36 heavy (non-hydrogen) atoms. The number of benzene rings is 1. The fraction of sp³-hybridized carbons (Fsp3) is 0.261. The number of hydrogen-bond donors (Lipinski definition) is 1. The lowest BCUT2D eigenvalue weighted by Gasteiger charge is -2.26. The summed E-state index contributed by atoms with van der Waals surface area (Å²) in [5.74, 6) is 6.61. The SMILES string of the molecule is CN1CCN(c2cncc(N(N=O)N(N)c3ccc(-c4ccc(N5CCCC5=O)cc4)cn3)c2)S1=O. The van der Waals surface area contributed by atoms with Gasteiger partial charge in [0, 0.05) is 50.6 Å². The standard InChI is InChI=1S/C23H25N9O3S/c1-28-11-12-30(36(28)35)20-13-21(16-25-15-20)32(27-34)31(24)22-9-6-18(14-26-22)17-4-7-19(8-5-17)29-10-2-3-23(29)33/h4-9,13-16H,2-3,10-12,24H2,1H3. The van der Waals surface area contributed by atoms with E-state index in [9.17, 15) is 13.9 Å². The summed E-state index contributed by atoms with van der Waals surface area (Å²) in [5, 5.41) is 4.99. The van der Waals surface area contributed by atoms with Gasteiger partial charge in [0.15, 0.2) is 17.0 Å². The molecule has 2 fully saturated rings. The Morgan fingerprint density at radius 3 is 2.39 bits per heavy atom. The molecule has 2 aliphatic heterocycles. The third-order valence-corrected chi connectivity index (χ3v) is 7.64. The summed E-state index contributed by atoms with van der Waals surface area (Å²) in [5.41, 5.74) is 3.54. The summed E-state index contributed by atoms with van der Waals surface area (Å²) >= 11 is -1.33. The van der Waals surface area contributed by atoms with Gasteiger partial charge in [-0.3, -0.25) is 14.1 Å². The quantitative estimate of drug-likeness (QED) is 0.293. The molecule has 0 bridgehead atoms. The van der Waals surface area contributed by atoms with Gasteiger partial charge >= 0.3 is 0 Å². The van der Waals surface area contributed by atoms with E-state index in [4.69, 9.17) is 5.84 Å². The predicted octanol–water partition coefficient (Wildman–Crippen LogP) is 2.38. The molecule has 2 aromatic heterocycles. The molecule has 0 radical (unpaired) electrons. The van der Waals surface area contributed by atoms with Crippen LogP contribution in [0.3, 0.4) is 0 Å².